The maximum absolute atomic E-state index is 11.9. The number of halogens is 3. The monoisotopic (exact) mass is 203 g/mol. The lowest BCUT2D eigenvalue weighted by atomic mass is 10.7. The minimum Gasteiger partial charge on any atom is -0.284 e. The third-order valence-corrected chi connectivity index (χ3v) is 1.48. The Balaban J connectivity index is 5.14. The first-order valence-electron chi connectivity index (χ1n) is 2.15. The van der Waals surface area contributed by atoms with Gasteiger partial charge in [-0.3, -0.25) is 4.79 Å². The van der Waals surface area contributed by atoms with Crippen LogP contribution in [0.1, 0.15) is 0 Å². The van der Waals surface area contributed by atoms with Crippen molar-refractivity contribution in [3.63, 3.8) is 0 Å². The van der Waals surface area contributed by atoms with Crippen LogP contribution in [-0.2, 0) is 15.0 Å². The van der Waals surface area contributed by atoms with Crippen molar-refractivity contribution >= 4 is 16.1 Å². The SMILES string of the molecule is [N-]=[N+]=NC(=O)C(F)(F)S(=O)(=O)F. The Labute approximate surface area is 63.8 Å². The van der Waals surface area contributed by atoms with E-state index in [9.17, 15) is 25.9 Å². The third-order valence-electron chi connectivity index (χ3n) is 0.691. The quantitative estimate of drug-likeness (QED) is 0.286. The van der Waals surface area contributed by atoms with Gasteiger partial charge in [0, 0.05) is 4.91 Å². The maximum atomic E-state index is 11.9. The van der Waals surface area contributed by atoms with Crippen LogP contribution in [0.15, 0.2) is 5.11 Å². The molecular formula is C2F3N3O3S. The van der Waals surface area contributed by atoms with Crippen LogP contribution in [0.2, 0.25) is 0 Å². The fourth-order valence-electron chi connectivity index (χ4n) is 0.203. The highest BCUT2D eigenvalue weighted by Crippen LogP contribution is 2.24. The molecule has 0 aliphatic carbocycles. The van der Waals surface area contributed by atoms with Gasteiger partial charge < -0.3 is 0 Å². The second-order valence-electron chi connectivity index (χ2n) is 1.45. The lowest BCUT2D eigenvalue weighted by Crippen LogP contribution is -2.33. The van der Waals surface area contributed by atoms with Crippen LogP contribution in [0.25, 0.3) is 10.4 Å². The van der Waals surface area contributed by atoms with Crippen LogP contribution in [0.5, 0.6) is 0 Å². The molecule has 0 heterocycles. The summed E-state index contributed by atoms with van der Waals surface area (Å²) in [6, 6.07) is 0. The number of carbonyl (C=O) groups is 1. The number of nitrogens with zero attached hydrogens (tertiary/aromatic N) is 3. The van der Waals surface area contributed by atoms with Crippen molar-refractivity contribution in [3.05, 3.63) is 10.4 Å². The Kier molecular flexibility index (Phi) is 2.67. The summed E-state index contributed by atoms with van der Waals surface area (Å²) in [6.07, 6.45) is 0. The lowest BCUT2D eigenvalue weighted by molar-refractivity contribution is -0.132. The highest BCUT2D eigenvalue weighted by Gasteiger charge is 2.52. The standard InChI is InChI=1S/C2F3N3O3S/c3-2(4,12(5,10)11)1(9)7-8-6. The van der Waals surface area contributed by atoms with E-state index in [2.05, 4.69) is 0 Å². The van der Waals surface area contributed by atoms with Crippen LogP contribution < -0.4 is 0 Å². The Hall–Kier alpha value is -1.28. The first kappa shape index (κ1) is 10.7. The molecule has 0 spiro atoms. The molecule has 1 amide bonds. The van der Waals surface area contributed by atoms with E-state index < -0.39 is 21.4 Å². The lowest BCUT2D eigenvalue weighted by Gasteiger charge is -2.04. The number of azide groups is 1. The minimum absolute atomic E-state index is 1.58. The molecule has 0 aliphatic rings. The zero-order chi connectivity index (χ0) is 9.99. The topological polar surface area (TPSA) is 100.0 Å². The summed E-state index contributed by atoms with van der Waals surface area (Å²) in [6.45, 7) is 0. The van der Waals surface area contributed by atoms with Crippen molar-refractivity contribution in [1.82, 2.24) is 0 Å². The van der Waals surface area contributed by atoms with Crippen LogP contribution >= 0.6 is 0 Å². The molecule has 0 bridgehead atoms. The predicted molar refractivity (Wildman–Crippen MR) is 29.1 cm³/mol. The van der Waals surface area contributed by atoms with Crippen molar-refractivity contribution in [1.29, 1.82) is 0 Å². The van der Waals surface area contributed by atoms with E-state index in [0.717, 1.165) is 0 Å². The van der Waals surface area contributed by atoms with Crippen LogP contribution in [-0.4, -0.2) is 19.6 Å². The van der Waals surface area contributed by atoms with Gasteiger partial charge in [-0.15, -0.1) is 0 Å². The summed E-state index contributed by atoms with van der Waals surface area (Å²) in [5, 5.41) is -3.57. The number of amides is 1. The maximum Gasteiger partial charge on any atom is 0.437 e. The smallest absolute Gasteiger partial charge is 0.284 e. The number of alkyl halides is 2. The molecule has 0 radical (unpaired) electrons. The molecule has 12 heavy (non-hydrogen) atoms. The highest BCUT2D eigenvalue weighted by atomic mass is 32.3. The zero-order valence-corrected chi connectivity index (χ0v) is 5.93. The highest BCUT2D eigenvalue weighted by molar-refractivity contribution is 7.88. The van der Waals surface area contributed by atoms with E-state index in [1.165, 1.54) is 0 Å². The zero-order valence-electron chi connectivity index (χ0n) is 5.11. The van der Waals surface area contributed by atoms with Gasteiger partial charge in [-0.1, -0.05) is 3.89 Å². The van der Waals surface area contributed by atoms with Gasteiger partial charge in [0.15, 0.2) is 0 Å². The fraction of sp³-hybridized carbons (Fsp3) is 0.500. The molecule has 0 aromatic rings. The van der Waals surface area contributed by atoms with Crippen molar-refractivity contribution < 1.29 is 25.9 Å². The number of hydrogen-bond donors (Lipinski definition) is 0. The van der Waals surface area contributed by atoms with E-state index in [0.29, 0.717) is 0 Å². The van der Waals surface area contributed by atoms with E-state index in [4.69, 9.17) is 5.53 Å². The van der Waals surface area contributed by atoms with Gasteiger partial charge in [0.05, 0.1) is 0 Å². The molecular weight excluding hydrogens is 203 g/mol. The Morgan fingerprint density at radius 2 is 1.92 bits per heavy atom. The van der Waals surface area contributed by atoms with Gasteiger partial charge in [-0.2, -0.15) is 17.2 Å². The molecule has 0 saturated heterocycles. The predicted octanol–water partition coefficient (Wildman–Crippen LogP) is 0.715. The summed E-state index contributed by atoms with van der Waals surface area (Å²) in [4.78, 5) is 11.5. The largest absolute Gasteiger partial charge is 0.437 e. The van der Waals surface area contributed by atoms with Crippen LogP contribution in [0.4, 0.5) is 12.7 Å². The summed E-state index contributed by atoms with van der Waals surface area (Å²) >= 11 is 0. The van der Waals surface area contributed by atoms with Gasteiger partial charge in [-0.25, -0.2) is 0 Å². The fourth-order valence-corrected chi connectivity index (χ4v) is 0.453. The Morgan fingerprint density at radius 3 is 2.17 bits per heavy atom. The van der Waals surface area contributed by atoms with Crippen molar-refractivity contribution in [2.45, 2.75) is 5.25 Å². The average Bonchev–Trinajstić information content (AvgIpc) is 1.85. The van der Waals surface area contributed by atoms with Crippen LogP contribution in [0.3, 0.4) is 0 Å². The molecule has 0 rings (SSSR count). The molecule has 0 unspecified atom stereocenters. The summed E-state index contributed by atoms with van der Waals surface area (Å²) < 4.78 is 54.5. The molecule has 0 saturated carbocycles. The van der Waals surface area contributed by atoms with E-state index in [1.54, 1.807) is 10.0 Å². The molecule has 0 atom stereocenters. The molecule has 0 aromatic heterocycles. The first-order chi connectivity index (χ1) is 5.23. The van der Waals surface area contributed by atoms with Crippen molar-refractivity contribution in [2.24, 2.45) is 5.11 Å². The van der Waals surface area contributed by atoms with Gasteiger partial charge in [0.1, 0.15) is 0 Å². The van der Waals surface area contributed by atoms with Gasteiger partial charge >= 0.3 is 21.4 Å². The average molecular weight is 203 g/mol. The Bertz CT molecular complexity index is 342. The van der Waals surface area contributed by atoms with Crippen LogP contribution in [0, 0.1) is 0 Å². The molecule has 0 fully saturated rings. The van der Waals surface area contributed by atoms with Crippen molar-refractivity contribution in [3.8, 4) is 0 Å². The van der Waals surface area contributed by atoms with Gasteiger partial charge in [0.25, 0.3) is 0 Å². The normalized spacial score (nSPS) is 11.9. The number of rotatable bonds is 2. The molecule has 0 aromatic carbocycles. The second kappa shape index (κ2) is 2.99. The Morgan fingerprint density at radius 1 is 1.50 bits per heavy atom. The van der Waals surface area contributed by atoms with Crippen molar-refractivity contribution in [2.75, 3.05) is 0 Å². The summed E-state index contributed by atoms with van der Waals surface area (Å²) in [7, 11) is -6.37. The number of carbonyl (C=O) groups excluding carboxylic acids is 1. The van der Waals surface area contributed by atoms with Gasteiger partial charge in [-0.05, 0) is 10.6 Å². The molecule has 0 N–H and O–H groups in total. The molecule has 6 nitrogen and oxygen atoms in total. The van der Waals surface area contributed by atoms with E-state index >= 15 is 0 Å². The molecule has 0 aliphatic heterocycles. The number of hydrogen-bond acceptors (Lipinski definition) is 3. The van der Waals surface area contributed by atoms with Gasteiger partial charge in [0.2, 0.25) is 0 Å². The second-order valence-corrected chi connectivity index (χ2v) is 2.84. The summed E-state index contributed by atoms with van der Waals surface area (Å²) in [5.41, 5.74) is 7.45. The minimum atomic E-state index is -6.37. The third kappa shape index (κ3) is 1.86. The molecule has 68 valence electrons. The first-order valence-corrected chi connectivity index (χ1v) is 3.53. The summed E-state index contributed by atoms with van der Waals surface area (Å²) in [5.74, 6) is -2.70. The van der Waals surface area contributed by atoms with E-state index in [1.807, 2.05) is 0 Å². The molecule has 10 heteroatoms. The van der Waals surface area contributed by atoms with E-state index in [-0.39, 0.29) is 0 Å².